The van der Waals surface area contributed by atoms with Crippen molar-refractivity contribution in [3.05, 3.63) is 58.8 Å². The summed E-state index contributed by atoms with van der Waals surface area (Å²) in [5, 5.41) is 14.1. The number of halogens is 3. The Bertz CT molecular complexity index is 1060. The summed E-state index contributed by atoms with van der Waals surface area (Å²) in [5.41, 5.74) is 3.46. The number of nitrogens with zero attached hydrogens (tertiary/aromatic N) is 3. The van der Waals surface area contributed by atoms with Gasteiger partial charge in [-0.05, 0) is 44.0 Å². The van der Waals surface area contributed by atoms with Crippen molar-refractivity contribution < 1.29 is 13.5 Å². The number of benzene rings is 2. The van der Waals surface area contributed by atoms with Crippen LogP contribution in [0.25, 0.3) is 10.8 Å². The molecule has 0 bridgehead atoms. The number of aryl methyl sites for hydroxylation is 1. The van der Waals surface area contributed by atoms with E-state index in [1.165, 1.54) is 6.07 Å². The zero-order valence-corrected chi connectivity index (χ0v) is 18.7. The van der Waals surface area contributed by atoms with E-state index in [-0.39, 0.29) is 24.0 Å². The molecule has 8 heteroatoms. The lowest BCUT2D eigenvalue weighted by Gasteiger charge is -2.29. The smallest absolute Gasteiger partial charge is 0.264 e. The number of anilines is 2. The van der Waals surface area contributed by atoms with Crippen molar-refractivity contribution in [1.82, 2.24) is 10.2 Å². The second kappa shape index (κ2) is 9.75. The summed E-state index contributed by atoms with van der Waals surface area (Å²) in [6.07, 6.45) is -2.49. The normalized spacial score (nSPS) is 15.1. The van der Waals surface area contributed by atoms with Crippen molar-refractivity contribution in [2.45, 2.75) is 33.2 Å². The maximum absolute atomic E-state index is 13.3. The third-order valence-electron chi connectivity index (χ3n) is 5.80. The molecular formula is C23H27ClF2N4O. The molecule has 5 nitrogen and oxygen atoms in total. The van der Waals surface area contributed by atoms with Gasteiger partial charge in [0.05, 0.1) is 24.9 Å². The Labute approximate surface area is 187 Å². The SMILES string of the molecule is Cc1c(C(F)F)cccc1C(C)Nc1nnc(C)c2ccc(N3CCOCC3)cc12.Cl. The van der Waals surface area contributed by atoms with E-state index >= 15 is 0 Å². The zero-order chi connectivity index (χ0) is 21.3. The van der Waals surface area contributed by atoms with Gasteiger partial charge in [-0.25, -0.2) is 8.78 Å². The van der Waals surface area contributed by atoms with Crippen LogP contribution in [0.1, 0.15) is 41.8 Å². The van der Waals surface area contributed by atoms with Crippen molar-refractivity contribution in [1.29, 1.82) is 0 Å². The molecule has 0 radical (unpaired) electrons. The lowest BCUT2D eigenvalue weighted by molar-refractivity contribution is 0.122. The van der Waals surface area contributed by atoms with Crippen LogP contribution in [-0.4, -0.2) is 36.5 Å². The summed E-state index contributed by atoms with van der Waals surface area (Å²) in [6.45, 7) is 8.76. The molecule has 1 aromatic heterocycles. The molecule has 31 heavy (non-hydrogen) atoms. The molecule has 1 N–H and O–H groups in total. The van der Waals surface area contributed by atoms with Gasteiger partial charge in [-0.3, -0.25) is 0 Å². The summed E-state index contributed by atoms with van der Waals surface area (Å²) < 4.78 is 32.1. The predicted octanol–water partition coefficient (Wildman–Crippen LogP) is 5.62. The van der Waals surface area contributed by atoms with Gasteiger partial charge in [0, 0.05) is 35.1 Å². The quantitative estimate of drug-likeness (QED) is 0.549. The van der Waals surface area contributed by atoms with Gasteiger partial charge in [-0.2, -0.15) is 5.10 Å². The summed E-state index contributed by atoms with van der Waals surface area (Å²) in [5.74, 6) is 0.653. The number of ether oxygens (including phenoxy) is 1. The van der Waals surface area contributed by atoms with E-state index in [4.69, 9.17) is 4.74 Å². The van der Waals surface area contributed by atoms with Gasteiger partial charge < -0.3 is 15.0 Å². The van der Waals surface area contributed by atoms with Crippen LogP contribution in [0.2, 0.25) is 0 Å². The third kappa shape index (κ3) is 4.72. The first-order valence-corrected chi connectivity index (χ1v) is 10.2. The van der Waals surface area contributed by atoms with Crippen LogP contribution >= 0.6 is 12.4 Å². The molecule has 1 atom stereocenters. The van der Waals surface area contributed by atoms with Gasteiger partial charge in [-0.15, -0.1) is 17.5 Å². The van der Waals surface area contributed by atoms with Crippen molar-refractivity contribution in [3.8, 4) is 0 Å². The lowest BCUT2D eigenvalue weighted by Crippen LogP contribution is -2.36. The van der Waals surface area contributed by atoms with Crippen LogP contribution in [-0.2, 0) is 4.74 Å². The number of aromatic nitrogens is 2. The fourth-order valence-corrected chi connectivity index (χ4v) is 4.06. The molecule has 1 aliphatic heterocycles. The molecule has 0 amide bonds. The Hall–Kier alpha value is -2.51. The van der Waals surface area contributed by atoms with Gasteiger partial charge in [0.2, 0.25) is 0 Å². The Morgan fingerprint density at radius 2 is 1.71 bits per heavy atom. The summed E-state index contributed by atoms with van der Waals surface area (Å²) in [6, 6.07) is 11.1. The maximum Gasteiger partial charge on any atom is 0.264 e. The summed E-state index contributed by atoms with van der Waals surface area (Å²) in [4.78, 5) is 2.29. The van der Waals surface area contributed by atoms with Crippen LogP contribution < -0.4 is 10.2 Å². The summed E-state index contributed by atoms with van der Waals surface area (Å²) in [7, 11) is 0. The van der Waals surface area contributed by atoms with Gasteiger partial charge in [0.25, 0.3) is 6.43 Å². The van der Waals surface area contributed by atoms with E-state index < -0.39 is 6.43 Å². The number of alkyl halides is 2. The third-order valence-corrected chi connectivity index (χ3v) is 5.80. The van der Waals surface area contributed by atoms with Crippen LogP contribution in [0.3, 0.4) is 0 Å². The number of nitrogens with one attached hydrogen (secondary N) is 1. The average Bonchev–Trinajstić information content (AvgIpc) is 2.76. The highest BCUT2D eigenvalue weighted by molar-refractivity contribution is 5.95. The molecule has 3 aromatic rings. The predicted molar refractivity (Wildman–Crippen MR) is 123 cm³/mol. The van der Waals surface area contributed by atoms with Crippen molar-refractivity contribution in [2.75, 3.05) is 36.5 Å². The Balaban J connectivity index is 0.00000272. The standard InChI is InChI=1S/C23H26F2N4O.ClH/c1-14-18(5-4-6-19(14)22(24)25)15(2)26-23-21-13-17(29-9-11-30-12-10-29)7-8-20(21)16(3)27-28-23;/h4-8,13,15,22H,9-12H2,1-3H3,(H,26,28);1H. The minimum absolute atomic E-state index is 0. The van der Waals surface area contributed by atoms with E-state index in [0.29, 0.717) is 24.6 Å². The van der Waals surface area contributed by atoms with Crippen molar-refractivity contribution >= 4 is 34.7 Å². The monoisotopic (exact) mass is 448 g/mol. The topological polar surface area (TPSA) is 50.3 Å². The first-order chi connectivity index (χ1) is 14.5. The highest BCUT2D eigenvalue weighted by Gasteiger charge is 2.19. The number of hydrogen-bond donors (Lipinski definition) is 1. The number of hydrogen-bond acceptors (Lipinski definition) is 5. The number of morpholine rings is 1. The molecule has 1 fully saturated rings. The lowest BCUT2D eigenvalue weighted by atomic mass is 9.97. The minimum Gasteiger partial charge on any atom is -0.378 e. The first-order valence-electron chi connectivity index (χ1n) is 10.2. The van der Waals surface area contributed by atoms with Crippen LogP contribution in [0.15, 0.2) is 36.4 Å². The first kappa shape index (κ1) is 23.2. The summed E-state index contributed by atoms with van der Waals surface area (Å²) >= 11 is 0. The molecule has 0 saturated carbocycles. The molecule has 0 spiro atoms. The highest BCUT2D eigenvalue weighted by atomic mass is 35.5. The Kier molecular flexibility index (Phi) is 7.28. The molecular weight excluding hydrogens is 422 g/mol. The van der Waals surface area contributed by atoms with Gasteiger partial charge in [0.1, 0.15) is 0 Å². The Morgan fingerprint density at radius 1 is 1.00 bits per heavy atom. The van der Waals surface area contributed by atoms with Gasteiger partial charge >= 0.3 is 0 Å². The fourth-order valence-electron chi connectivity index (χ4n) is 4.06. The maximum atomic E-state index is 13.3. The average molecular weight is 449 g/mol. The molecule has 2 aromatic carbocycles. The van der Waals surface area contributed by atoms with Gasteiger partial charge in [0.15, 0.2) is 5.82 Å². The van der Waals surface area contributed by atoms with Crippen LogP contribution in [0.4, 0.5) is 20.3 Å². The highest BCUT2D eigenvalue weighted by Crippen LogP contribution is 2.32. The van der Waals surface area contributed by atoms with E-state index in [9.17, 15) is 8.78 Å². The second-order valence-electron chi connectivity index (χ2n) is 7.69. The fraction of sp³-hybridized carbons (Fsp3) is 0.391. The second-order valence-corrected chi connectivity index (χ2v) is 7.69. The molecule has 166 valence electrons. The van der Waals surface area contributed by atoms with Crippen LogP contribution in [0.5, 0.6) is 0 Å². The molecule has 1 unspecified atom stereocenters. The van der Waals surface area contributed by atoms with E-state index in [1.807, 2.05) is 19.9 Å². The molecule has 0 aliphatic carbocycles. The van der Waals surface area contributed by atoms with E-state index in [1.54, 1.807) is 13.0 Å². The minimum atomic E-state index is -2.49. The molecule has 1 saturated heterocycles. The van der Waals surface area contributed by atoms with Gasteiger partial charge in [-0.1, -0.05) is 24.3 Å². The largest absolute Gasteiger partial charge is 0.378 e. The van der Waals surface area contributed by atoms with Crippen molar-refractivity contribution in [3.63, 3.8) is 0 Å². The molecule has 1 aliphatic rings. The number of fused-ring (bicyclic) bond motifs is 1. The van der Waals surface area contributed by atoms with Crippen molar-refractivity contribution in [2.24, 2.45) is 0 Å². The van der Waals surface area contributed by atoms with E-state index in [0.717, 1.165) is 40.8 Å². The van der Waals surface area contributed by atoms with Crippen LogP contribution in [0, 0.1) is 13.8 Å². The number of rotatable bonds is 5. The molecule has 4 rings (SSSR count). The Morgan fingerprint density at radius 3 is 2.42 bits per heavy atom. The molecule has 2 heterocycles. The van der Waals surface area contributed by atoms with E-state index in [2.05, 4.69) is 38.6 Å². The zero-order valence-electron chi connectivity index (χ0n) is 17.9.